The Kier molecular flexibility index (Phi) is 6.85. The molecule has 144 valence electrons. The van der Waals surface area contributed by atoms with Crippen LogP contribution in [0.5, 0.6) is 5.75 Å². The molecule has 1 fully saturated rings. The van der Waals surface area contributed by atoms with E-state index in [0.717, 1.165) is 26.1 Å². The molecule has 0 bridgehead atoms. The highest BCUT2D eigenvalue weighted by atomic mass is 16.6. The zero-order valence-corrected chi connectivity index (χ0v) is 16.0. The zero-order valence-electron chi connectivity index (χ0n) is 16.0. The molecule has 1 saturated heterocycles. The number of ether oxygens (including phenoxy) is 3. The normalized spacial score (nSPS) is 18.7. The van der Waals surface area contributed by atoms with Crippen LogP contribution in [0.1, 0.15) is 24.2 Å². The molecule has 0 spiro atoms. The van der Waals surface area contributed by atoms with Gasteiger partial charge in [0, 0.05) is 19.1 Å². The third kappa shape index (κ3) is 5.55. The predicted octanol–water partition coefficient (Wildman–Crippen LogP) is 3.24. The number of methoxy groups -OCH3 is 1. The monoisotopic (exact) mass is 369 g/mol. The number of esters is 1. The summed E-state index contributed by atoms with van der Waals surface area (Å²) in [5.74, 6) is 0.292. The Bertz CT molecular complexity index is 717. The second-order valence-electron chi connectivity index (χ2n) is 6.83. The maximum absolute atomic E-state index is 11.1. The molecule has 0 aromatic heterocycles. The van der Waals surface area contributed by atoms with Crippen molar-refractivity contribution in [2.75, 3.05) is 33.4 Å². The molecule has 0 N–H and O–H groups in total. The van der Waals surface area contributed by atoms with E-state index in [1.807, 2.05) is 18.2 Å². The number of carbonyl (C=O) groups excluding carboxylic acids is 1. The molecule has 5 nitrogen and oxygen atoms in total. The summed E-state index contributed by atoms with van der Waals surface area (Å²) in [6.07, 6.45) is 1.09. The van der Waals surface area contributed by atoms with E-state index in [-0.39, 0.29) is 18.7 Å². The summed E-state index contributed by atoms with van der Waals surface area (Å²) in [5, 5.41) is 0. The van der Waals surface area contributed by atoms with Crippen LogP contribution in [0.3, 0.4) is 0 Å². The highest BCUT2D eigenvalue weighted by Gasteiger charge is 2.25. The lowest BCUT2D eigenvalue weighted by Crippen LogP contribution is -2.44. The summed E-state index contributed by atoms with van der Waals surface area (Å²) in [4.78, 5) is 13.6. The van der Waals surface area contributed by atoms with E-state index in [2.05, 4.69) is 53.0 Å². The van der Waals surface area contributed by atoms with Gasteiger partial charge in [0.15, 0.2) is 6.61 Å². The third-order valence-corrected chi connectivity index (χ3v) is 4.93. The van der Waals surface area contributed by atoms with Crippen molar-refractivity contribution in [3.63, 3.8) is 0 Å². The van der Waals surface area contributed by atoms with E-state index in [1.54, 1.807) is 0 Å². The van der Waals surface area contributed by atoms with E-state index >= 15 is 0 Å². The van der Waals surface area contributed by atoms with Gasteiger partial charge in [0.05, 0.1) is 19.8 Å². The van der Waals surface area contributed by atoms with Crippen molar-refractivity contribution < 1.29 is 19.0 Å². The lowest BCUT2D eigenvalue weighted by molar-refractivity contribution is -0.142. The van der Waals surface area contributed by atoms with Gasteiger partial charge in [0.25, 0.3) is 0 Å². The fourth-order valence-electron chi connectivity index (χ4n) is 3.33. The number of hydrogen-bond donors (Lipinski definition) is 0. The van der Waals surface area contributed by atoms with Gasteiger partial charge in [-0.3, -0.25) is 4.90 Å². The molecule has 2 aromatic carbocycles. The standard InChI is InChI=1S/C22H27NO4/c1-17(14-18-8-10-20(11-9-18)27-16-22(24)25-2)23-12-13-26-21(15-23)19-6-4-3-5-7-19/h3-11,17,21H,12-16H2,1-2H3. The van der Waals surface area contributed by atoms with E-state index in [9.17, 15) is 4.79 Å². The predicted molar refractivity (Wildman–Crippen MR) is 104 cm³/mol. The van der Waals surface area contributed by atoms with Gasteiger partial charge in [0.2, 0.25) is 0 Å². The largest absolute Gasteiger partial charge is 0.482 e. The van der Waals surface area contributed by atoms with Gasteiger partial charge in [-0.2, -0.15) is 0 Å². The first-order valence-corrected chi connectivity index (χ1v) is 9.35. The quantitative estimate of drug-likeness (QED) is 0.701. The topological polar surface area (TPSA) is 48.0 Å². The van der Waals surface area contributed by atoms with Crippen molar-refractivity contribution in [3.8, 4) is 5.75 Å². The highest BCUT2D eigenvalue weighted by molar-refractivity contribution is 5.70. The first kappa shape index (κ1) is 19.4. The van der Waals surface area contributed by atoms with Crippen LogP contribution >= 0.6 is 0 Å². The van der Waals surface area contributed by atoms with Gasteiger partial charge in [-0.05, 0) is 36.6 Å². The molecule has 1 heterocycles. The van der Waals surface area contributed by atoms with Gasteiger partial charge in [-0.15, -0.1) is 0 Å². The summed E-state index contributed by atoms with van der Waals surface area (Å²) in [7, 11) is 1.35. The minimum Gasteiger partial charge on any atom is -0.482 e. The second kappa shape index (κ2) is 9.53. The molecule has 27 heavy (non-hydrogen) atoms. The second-order valence-corrected chi connectivity index (χ2v) is 6.83. The Balaban J connectivity index is 1.53. The molecule has 2 unspecified atom stereocenters. The highest BCUT2D eigenvalue weighted by Crippen LogP contribution is 2.24. The summed E-state index contributed by atoms with van der Waals surface area (Å²) in [6.45, 7) is 4.80. The first-order chi connectivity index (χ1) is 13.2. The van der Waals surface area contributed by atoms with Gasteiger partial charge in [0.1, 0.15) is 5.75 Å². The van der Waals surface area contributed by atoms with Gasteiger partial charge >= 0.3 is 5.97 Å². The van der Waals surface area contributed by atoms with Crippen LogP contribution in [-0.2, 0) is 20.7 Å². The van der Waals surface area contributed by atoms with Crippen molar-refractivity contribution >= 4 is 5.97 Å². The number of morpholine rings is 1. The van der Waals surface area contributed by atoms with Crippen LogP contribution < -0.4 is 4.74 Å². The summed E-state index contributed by atoms with van der Waals surface area (Å²) in [6, 6.07) is 18.7. The minimum atomic E-state index is -0.381. The summed E-state index contributed by atoms with van der Waals surface area (Å²) < 4.78 is 15.9. The SMILES string of the molecule is COC(=O)COc1ccc(CC(C)N2CCOC(c3ccccc3)C2)cc1. The third-order valence-electron chi connectivity index (χ3n) is 4.93. The maximum atomic E-state index is 11.1. The molecule has 0 saturated carbocycles. The molecule has 0 amide bonds. The van der Waals surface area contributed by atoms with Crippen molar-refractivity contribution in [1.82, 2.24) is 4.90 Å². The molecule has 3 rings (SSSR count). The maximum Gasteiger partial charge on any atom is 0.343 e. The molecular weight excluding hydrogens is 342 g/mol. The Hall–Kier alpha value is -2.37. The lowest BCUT2D eigenvalue weighted by atomic mass is 10.0. The van der Waals surface area contributed by atoms with Gasteiger partial charge in [-0.25, -0.2) is 4.79 Å². The fourth-order valence-corrected chi connectivity index (χ4v) is 3.33. The van der Waals surface area contributed by atoms with Crippen molar-refractivity contribution in [3.05, 3.63) is 65.7 Å². The molecule has 1 aliphatic rings. The van der Waals surface area contributed by atoms with Crippen LogP contribution in [-0.4, -0.2) is 50.3 Å². The smallest absolute Gasteiger partial charge is 0.343 e. The molecule has 2 atom stereocenters. The molecule has 5 heteroatoms. The van der Waals surface area contributed by atoms with E-state index in [4.69, 9.17) is 9.47 Å². The Morgan fingerprint density at radius 3 is 2.63 bits per heavy atom. The molecule has 0 radical (unpaired) electrons. The number of carbonyl (C=O) groups is 1. The first-order valence-electron chi connectivity index (χ1n) is 9.35. The van der Waals surface area contributed by atoms with E-state index in [0.29, 0.717) is 11.8 Å². The lowest BCUT2D eigenvalue weighted by Gasteiger charge is -2.37. The number of hydrogen-bond acceptors (Lipinski definition) is 5. The van der Waals surface area contributed by atoms with Crippen LogP contribution in [0, 0.1) is 0 Å². The summed E-state index contributed by atoms with van der Waals surface area (Å²) in [5.41, 5.74) is 2.48. The molecular formula is C22H27NO4. The summed E-state index contributed by atoms with van der Waals surface area (Å²) >= 11 is 0. The van der Waals surface area contributed by atoms with Crippen molar-refractivity contribution in [2.45, 2.75) is 25.5 Å². The van der Waals surface area contributed by atoms with Gasteiger partial charge in [-0.1, -0.05) is 42.5 Å². The molecule has 2 aromatic rings. The van der Waals surface area contributed by atoms with E-state index < -0.39 is 0 Å². The van der Waals surface area contributed by atoms with E-state index in [1.165, 1.54) is 18.2 Å². The Labute approximate surface area is 160 Å². The fraction of sp³-hybridized carbons (Fsp3) is 0.409. The Morgan fingerprint density at radius 1 is 1.19 bits per heavy atom. The average molecular weight is 369 g/mol. The number of rotatable bonds is 7. The van der Waals surface area contributed by atoms with Crippen molar-refractivity contribution in [1.29, 1.82) is 0 Å². The van der Waals surface area contributed by atoms with Crippen LogP contribution in [0.4, 0.5) is 0 Å². The number of nitrogens with zero attached hydrogens (tertiary/aromatic N) is 1. The van der Waals surface area contributed by atoms with Crippen LogP contribution in [0.2, 0.25) is 0 Å². The zero-order chi connectivity index (χ0) is 19.1. The molecule has 1 aliphatic heterocycles. The molecule has 0 aliphatic carbocycles. The minimum absolute atomic E-state index is 0.0685. The van der Waals surface area contributed by atoms with Crippen LogP contribution in [0.25, 0.3) is 0 Å². The van der Waals surface area contributed by atoms with Crippen molar-refractivity contribution in [2.24, 2.45) is 0 Å². The van der Waals surface area contributed by atoms with Crippen LogP contribution in [0.15, 0.2) is 54.6 Å². The number of benzene rings is 2. The Morgan fingerprint density at radius 2 is 1.93 bits per heavy atom. The average Bonchev–Trinajstić information content (AvgIpc) is 2.73. The van der Waals surface area contributed by atoms with Gasteiger partial charge < -0.3 is 14.2 Å².